The highest BCUT2D eigenvalue weighted by Crippen LogP contribution is 2.30. The molecule has 0 aromatic heterocycles. The SMILES string of the molecule is CC(C)c1ccc([C@]2(C)NC(=O)N(C[C@@H](C#N)CCC#N)C2=O)cc1. The number of urea groups is 1. The molecule has 1 aromatic carbocycles. The Morgan fingerprint density at radius 3 is 2.36 bits per heavy atom. The summed E-state index contributed by atoms with van der Waals surface area (Å²) in [6, 6.07) is 11.2. The van der Waals surface area contributed by atoms with Gasteiger partial charge in [-0.3, -0.25) is 9.69 Å². The summed E-state index contributed by atoms with van der Waals surface area (Å²) in [6.45, 7) is 5.85. The normalized spacial score (nSPS) is 21.0. The molecule has 1 aliphatic rings. The van der Waals surface area contributed by atoms with Crippen LogP contribution in [0.25, 0.3) is 0 Å². The highest BCUT2D eigenvalue weighted by atomic mass is 16.2. The second-order valence-electron chi connectivity index (χ2n) is 6.77. The lowest BCUT2D eigenvalue weighted by molar-refractivity contribution is -0.131. The molecule has 2 rings (SSSR count). The van der Waals surface area contributed by atoms with Gasteiger partial charge in [0.25, 0.3) is 5.91 Å². The van der Waals surface area contributed by atoms with E-state index in [1.54, 1.807) is 6.92 Å². The molecule has 0 bridgehead atoms. The van der Waals surface area contributed by atoms with Crippen LogP contribution < -0.4 is 5.32 Å². The molecule has 0 radical (unpaired) electrons. The Hall–Kier alpha value is -2.86. The zero-order valence-corrected chi connectivity index (χ0v) is 14.7. The van der Waals surface area contributed by atoms with E-state index in [1.165, 1.54) is 0 Å². The second-order valence-corrected chi connectivity index (χ2v) is 6.77. The Kier molecular flexibility index (Phi) is 5.44. The highest BCUT2D eigenvalue weighted by Gasteiger charge is 2.49. The first-order valence-electron chi connectivity index (χ1n) is 8.34. The van der Waals surface area contributed by atoms with Gasteiger partial charge >= 0.3 is 6.03 Å². The number of nitrogens with one attached hydrogen (secondary N) is 1. The van der Waals surface area contributed by atoms with Gasteiger partial charge in [0.15, 0.2) is 0 Å². The van der Waals surface area contributed by atoms with Crippen LogP contribution >= 0.6 is 0 Å². The van der Waals surface area contributed by atoms with E-state index in [0.717, 1.165) is 10.5 Å². The average molecular weight is 338 g/mol. The number of carbonyl (C=O) groups is 2. The molecule has 2 atom stereocenters. The first-order valence-corrected chi connectivity index (χ1v) is 8.34. The minimum Gasteiger partial charge on any atom is -0.319 e. The standard InChI is InChI=1S/C19H22N4O2/c1-13(2)15-6-8-16(9-7-15)19(3)17(24)23(18(25)22-19)12-14(11-21)5-4-10-20/h6-9,13-14H,4-5,12H2,1-3H3,(H,22,25)/t14-,19+/m1/s1. The van der Waals surface area contributed by atoms with Crippen molar-refractivity contribution < 1.29 is 9.59 Å². The van der Waals surface area contributed by atoms with Crippen LogP contribution in [0.1, 0.15) is 50.7 Å². The maximum Gasteiger partial charge on any atom is 0.325 e. The number of nitriles is 2. The fraction of sp³-hybridized carbons (Fsp3) is 0.474. The van der Waals surface area contributed by atoms with Gasteiger partial charge in [-0.2, -0.15) is 10.5 Å². The molecule has 1 heterocycles. The minimum absolute atomic E-state index is 0.00249. The van der Waals surface area contributed by atoms with Gasteiger partial charge < -0.3 is 5.32 Å². The Labute approximate surface area is 148 Å². The van der Waals surface area contributed by atoms with Crippen LogP contribution in [0, 0.1) is 28.6 Å². The van der Waals surface area contributed by atoms with Crippen LogP contribution in [0.3, 0.4) is 0 Å². The Bertz CT molecular complexity index is 742. The molecule has 0 spiro atoms. The van der Waals surface area contributed by atoms with Crippen molar-refractivity contribution >= 4 is 11.9 Å². The van der Waals surface area contributed by atoms with Gasteiger partial charge in [0.2, 0.25) is 0 Å². The summed E-state index contributed by atoms with van der Waals surface area (Å²) in [6.07, 6.45) is 0.555. The van der Waals surface area contributed by atoms with E-state index in [0.29, 0.717) is 17.9 Å². The molecule has 0 unspecified atom stereocenters. The summed E-state index contributed by atoms with van der Waals surface area (Å²) < 4.78 is 0. The van der Waals surface area contributed by atoms with Crippen molar-refractivity contribution in [3.05, 3.63) is 35.4 Å². The summed E-state index contributed by atoms with van der Waals surface area (Å²) in [5.41, 5.74) is 0.729. The van der Waals surface area contributed by atoms with Crippen LogP contribution in [0.15, 0.2) is 24.3 Å². The van der Waals surface area contributed by atoms with Crippen molar-refractivity contribution in [3.63, 3.8) is 0 Å². The Morgan fingerprint density at radius 2 is 1.84 bits per heavy atom. The lowest BCUT2D eigenvalue weighted by Gasteiger charge is -2.23. The van der Waals surface area contributed by atoms with Crippen LogP contribution in [0.4, 0.5) is 4.79 Å². The largest absolute Gasteiger partial charge is 0.325 e. The fourth-order valence-corrected chi connectivity index (χ4v) is 2.92. The van der Waals surface area contributed by atoms with Crippen molar-refractivity contribution in [1.29, 1.82) is 10.5 Å². The number of rotatable bonds is 6. The third-order valence-electron chi connectivity index (χ3n) is 4.62. The number of imide groups is 1. The molecule has 25 heavy (non-hydrogen) atoms. The lowest BCUT2D eigenvalue weighted by Crippen LogP contribution is -2.41. The molecule has 3 amide bonds. The molecular weight excluding hydrogens is 316 g/mol. The topological polar surface area (TPSA) is 97.0 Å². The molecular formula is C19H22N4O2. The Balaban J connectivity index is 2.21. The van der Waals surface area contributed by atoms with E-state index in [4.69, 9.17) is 5.26 Å². The van der Waals surface area contributed by atoms with Crippen LogP contribution in [-0.4, -0.2) is 23.4 Å². The van der Waals surface area contributed by atoms with E-state index in [9.17, 15) is 14.9 Å². The van der Waals surface area contributed by atoms with Gasteiger partial charge in [-0.05, 0) is 30.4 Å². The second kappa shape index (κ2) is 7.36. The zero-order chi connectivity index (χ0) is 18.6. The van der Waals surface area contributed by atoms with E-state index >= 15 is 0 Å². The van der Waals surface area contributed by atoms with Crippen LogP contribution in [-0.2, 0) is 10.3 Å². The number of hydrogen-bond acceptors (Lipinski definition) is 4. The summed E-state index contributed by atoms with van der Waals surface area (Å²) in [7, 11) is 0. The van der Waals surface area contributed by atoms with Crippen molar-refractivity contribution in [3.8, 4) is 12.1 Å². The third kappa shape index (κ3) is 3.64. The smallest absolute Gasteiger partial charge is 0.319 e. The first kappa shape index (κ1) is 18.5. The molecule has 1 aliphatic heterocycles. The number of nitrogens with zero attached hydrogens (tertiary/aromatic N) is 3. The molecule has 1 saturated heterocycles. The fourth-order valence-electron chi connectivity index (χ4n) is 2.92. The molecule has 0 aliphatic carbocycles. The van der Waals surface area contributed by atoms with Gasteiger partial charge in [-0.1, -0.05) is 38.1 Å². The average Bonchev–Trinajstić information content (AvgIpc) is 2.82. The lowest BCUT2D eigenvalue weighted by atomic mass is 9.90. The monoisotopic (exact) mass is 338 g/mol. The maximum absolute atomic E-state index is 12.9. The van der Waals surface area contributed by atoms with Gasteiger partial charge in [-0.15, -0.1) is 0 Å². The zero-order valence-electron chi connectivity index (χ0n) is 14.7. The molecule has 1 N–H and O–H groups in total. The molecule has 6 heteroatoms. The maximum atomic E-state index is 12.9. The van der Waals surface area contributed by atoms with E-state index < -0.39 is 17.5 Å². The summed E-state index contributed by atoms with van der Waals surface area (Å²) in [5.74, 6) is -0.532. The molecule has 6 nitrogen and oxygen atoms in total. The first-order chi connectivity index (χ1) is 11.8. The third-order valence-corrected chi connectivity index (χ3v) is 4.62. The minimum atomic E-state index is -1.14. The van der Waals surface area contributed by atoms with E-state index in [-0.39, 0.29) is 18.9 Å². The molecule has 1 fully saturated rings. The van der Waals surface area contributed by atoms with E-state index in [1.807, 2.05) is 30.3 Å². The van der Waals surface area contributed by atoms with E-state index in [2.05, 4.69) is 25.2 Å². The molecule has 130 valence electrons. The number of amides is 3. The Morgan fingerprint density at radius 1 is 1.20 bits per heavy atom. The van der Waals surface area contributed by atoms with Gasteiger partial charge in [0.05, 0.1) is 18.1 Å². The van der Waals surface area contributed by atoms with Crippen molar-refractivity contribution in [1.82, 2.24) is 10.2 Å². The summed E-state index contributed by atoms with van der Waals surface area (Å²) in [5, 5.41) is 20.6. The van der Waals surface area contributed by atoms with Crippen molar-refractivity contribution in [2.45, 2.75) is 45.1 Å². The summed E-state index contributed by atoms with van der Waals surface area (Å²) in [4.78, 5) is 26.2. The van der Waals surface area contributed by atoms with Gasteiger partial charge in [0.1, 0.15) is 5.54 Å². The van der Waals surface area contributed by atoms with Crippen LogP contribution in [0.5, 0.6) is 0 Å². The van der Waals surface area contributed by atoms with Gasteiger partial charge in [-0.25, -0.2) is 4.79 Å². The summed E-state index contributed by atoms with van der Waals surface area (Å²) >= 11 is 0. The predicted octanol–water partition coefficient (Wildman–Crippen LogP) is 3.02. The van der Waals surface area contributed by atoms with Crippen molar-refractivity contribution in [2.24, 2.45) is 5.92 Å². The number of benzene rings is 1. The molecule has 1 aromatic rings. The highest BCUT2D eigenvalue weighted by molar-refractivity contribution is 6.07. The van der Waals surface area contributed by atoms with Gasteiger partial charge in [0, 0.05) is 13.0 Å². The molecule has 0 saturated carbocycles. The quantitative estimate of drug-likeness (QED) is 0.806. The van der Waals surface area contributed by atoms with Crippen molar-refractivity contribution in [2.75, 3.05) is 6.54 Å². The number of hydrogen-bond donors (Lipinski definition) is 1. The predicted molar refractivity (Wildman–Crippen MR) is 92.1 cm³/mol. The van der Waals surface area contributed by atoms with Crippen LogP contribution in [0.2, 0.25) is 0 Å². The number of carbonyl (C=O) groups excluding carboxylic acids is 2.